The molecule has 3 atom stereocenters. The summed E-state index contributed by atoms with van der Waals surface area (Å²) in [7, 11) is 0. The number of aliphatic carboxylic acids is 1. The number of hydrogen-bond acceptors (Lipinski definition) is 3. The fraction of sp³-hybridized carbons (Fsp3) is 0.500. The fourth-order valence-corrected chi connectivity index (χ4v) is 2.83. The fourth-order valence-electron chi connectivity index (χ4n) is 2.83. The average molecular weight is 290 g/mol. The molecule has 1 fully saturated rings. The average Bonchev–Trinajstić information content (AvgIpc) is 2.48. The van der Waals surface area contributed by atoms with Gasteiger partial charge < -0.3 is 16.2 Å². The van der Waals surface area contributed by atoms with Crippen molar-refractivity contribution in [2.24, 2.45) is 11.7 Å². The van der Waals surface area contributed by atoms with E-state index in [0.29, 0.717) is 18.4 Å². The molecule has 3 unspecified atom stereocenters. The molecule has 2 rings (SSSR count). The number of carboxylic acids is 1. The summed E-state index contributed by atoms with van der Waals surface area (Å²) in [6, 6.07) is 8.78. The van der Waals surface area contributed by atoms with Crippen LogP contribution >= 0.6 is 0 Å². The van der Waals surface area contributed by atoms with E-state index in [1.54, 1.807) is 19.1 Å². The predicted octanol–water partition coefficient (Wildman–Crippen LogP) is 1.62. The Balaban J connectivity index is 2.11. The quantitative estimate of drug-likeness (QED) is 0.785. The number of hydrogen-bond donors (Lipinski definition) is 3. The van der Waals surface area contributed by atoms with Gasteiger partial charge in [-0.3, -0.25) is 9.59 Å². The highest BCUT2D eigenvalue weighted by atomic mass is 16.4. The lowest BCUT2D eigenvalue weighted by molar-refractivity contribution is -0.144. The molecule has 1 aromatic carbocycles. The van der Waals surface area contributed by atoms with Crippen LogP contribution < -0.4 is 11.1 Å². The summed E-state index contributed by atoms with van der Waals surface area (Å²) >= 11 is 0. The minimum absolute atomic E-state index is 0.327. The Labute approximate surface area is 124 Å². The van der Waals surface area contributed by atoms with Gasteiger partial charge >= 0.3 is 5.97 Å². The Morgan fingerprint density at radius 3 is 2.48 bits per heavy atom. The standard InChI is InChI=1S/C16H22N2O3/c1-16(17,11-7-3-2-4-8-11)15(21)18-13-10-6-5-9-12(13)14(19)20/h2-4,7-8,12-13H,5-6,9-10,17H2,1H3,(H,18,21)(H,19,20). The van der Waals surface area contributed by atoms with Crippen LogP contribution in [0.3, 0.4) is 0 Å². The van der Waals surface area contributed by atoms with Gasteiger partial charge in [0.2, 0.25) is 5.91 Å². The lowest BCUT2D eigenvalue weighted by Crippen LogP contribution is -2.55. The first-order chi connectivity index (χ1) is 9.93. The molecule has 1 aliphatic rings. The van der Waals surface area contributed by atoms with Gasteiger partial charge in [0.15, 0.2) is 0 Å². The molecule has 5 heteroatoms. The van der Waals surface area contributed by atoms with Crippen LogP contribution in [0.4, 0.5) is 0 Å². The van der Waals surface area contributed by atoms with Crippen molar-refractivity contribution in [1.29, 1.82) is 0 Å². The third-order valence-electron chi connectivity index (χ3n) is 4.24. The van der Waals surface area contributed by atoms with Gasteiger partial charge in [-0.2, -0.15) is 0 Å². The Bertz CT molecular complexity index is 514. The first-order valence-corrected chi connectivity index (χ1v) is 7.31. The number of benzene rings is 1. The van der Waals surface area contributed by atoms with Crippen LogP contribution in [0.5, 0.6) is 0 Å². The second kappa shape index (κ2) is 6.26. The zero-order valence-corrected chi connectivity index (χ0v) is 12.2. The van der Waals surface area contributed by atoms with Crippen molar-refractivity contribution in [3.63, 3.8) is 0 Å². The summed E-state index contributed by atoms with van der Waals surface area (Å²) in [5.41, 5.74) is 5.71. The van der Waals surface area contributed by atoms with Crippen LogP contribution in [0.15, 0.2) is 30.3 Å². The highest BCUT2D eigenvalue weighted by Crippen LogP contribution is 2.26. The van der Waals surface area contributed by atoms with Crippen LogP contribution in [0.25, 0.3) is 0 Å². The van der Waals surface area contributed by atoms with E-state index < -0.39 is 17.4 Å². The summed E-state index contributed by atoms with van der Waals surface area (Å²) in [4.78, 5) is 23.8. The number of nitrogens with one attached hydrogen (secondary N) is 1. The highest BCUT2D eigenvalue weighted by Gasteiger charge is 2.36. The summed E-state index contributed by atoms with van der Waals surface area (Å²) < 4.78 is 0. The Kier molecular flexibility index (Phi) is 4.63. The monoisotopic (exact) mass is 290 g/mol. The van der Waals surface area contributed by atoms with Crippen molar-refractivity contribution in [3.8, 4) is 0 Å². The van der Waals surface area contributed by atoms with Crippen molar-refractivity contribution >= 4 is 11.9 Å². The van der Waals surface area contributed by atoms with Crippen molar-refractivity contribution in [2.45, 2.75) is 44.2 Å². The Morgan fingerprint density at radius 1 is 1.24 bits per heavy atom. The number of carboxylic acid groups (broad SMARTS) is 1. The molecule has 1 saturated carbocycles. The van der Waals surface area contributed by atoms with E-state index >= 15 is 0 Å². The predicted molar refractivity (Wildman–Crippen MR) is 79.5 cm³/mol. The number of carbonyl (C=O) groups is 2. The zero-order chi connectivity index (χ0) is 15.5. The molecule has 0 spiro atoms. The molecule has 0 bridgehead atoms. The molecule has 5 nitrogen and oxygen atoms in total. The molecule has 0 heterocycles. The van der Waals surface area contributed by atoms with Gasteiger partial charge in [-0.15, -0.1) is 0 Å². The molecule has 4 N–H and O–H groups in total. The van der Waals surface area contributed by atoms with Crippen molar-refractivity contribution in [3.05, 3.63) is 35.9 Å². The summed E-state index contributed by atoms with van der Waals surface area (Å²) in [6.45, 7) is 1.65. The maximum atomic E-state index is 12.5. The normalized spacial score (nSPS) is 24.9. The Hall–Kier alpha value is -1.88. The lowest BCUT2D eigenvalue weighted by atomic mass is 9.83. The minimum atomic E-state index is -1.16. The number of amides is 1. The van der Waals surface area contributed by atoms with E-state index in [9.17, 15) is 14.7 Å². The first kappa shape index (κ1) is 15.5. The van der Waals surface area contributed by atoms with Gasteiger partial charge in [0.1, 0.15) is 5.54 Å². The van der Waals surface area contributed by atoms with Gasteiger partial charge in [-0.1, -0.05) is 43.2 Å². The lowest BCUT2D eigenvalue weighted by Gasteiger charge is -2.33. The van der Waals surface area contributed by atoms with E-state index in [1.807, 2.05) is 18.2 Å². The van der Waals surface area contributed by atoms with Crippen LogP contribution in [-0.2, 0) is 15.1 Å². The topological polar surface area (TPSA) is 92.4 Å². The first-order valence-electron chi connectivity index (χ1n) is 7.31. The summed E-state index contributed by atoms with van der Waals surface area (Å²) in [5, 5.41) is 12.1. The van der Waals surface area contributed by atoms with Crippen molar-refractivity contribution in [2.75, 3.05) is 0 Å². The molecule has 0 saturated heterocycles. The van der Waals surface area contributed by atoms with E-state index in [4.69, 9.17) is 5.73 Å². The smallest absolute Gasteiger partial charge is 0.308 e. The third-order valence-corrected chi connectivity index (χ3v) is 4.24. The molecule has 1 aliphatic carbocycles. The van der Waals surface area contributed by atoms with Gasteiger partial charge in [0.25, 0.3) is 0 Å². The van der Waals surface area contributed by atoms with Crippen LogP contribution in [0, 0.1) is 5.92 Å². The number of carbonyl (C=O) groups excluding carboxylic acids is 1. The van der Waals surface area contributed by atoms with Gasteiger partial charge in [0, 0.05) is 6.04 Å². The van der Waals surface area contributed by atoms with Crippen LogP contribution in [-0.4, -0.2) is 23.0 Å². The molecular weight excluding hydrogens is 268 g/mol. The SMILES string of the molecule is CC(N)(C(=O)NC1CCCCC1C(=O)O)c1ccccc1. The second-order valence-corrected chi connectivity index (χ2v) is 5.88. The molecular formula is C16H22N2O3. The maximum Gasteiger partial charge on any atom is 0.308 e. The van der Waals surface area contributed by atoms with E-state index in [-0.39, 0.29) is 11.9 Å². The van der Waals surface area contributed by atoms with Crippen molar-refractivity contribution in [1.82, 2.24) is 5.32 Å². The molecule has 0 aliphatic heterocycles. The molecule has 21 heavy (non-hydrogen) atoms. The zero-order valence-electron chi connectivity index (χ0n) is 12.2. The Morgan fingerprint density at radius 2 is 1.86 bits per heavy atom. The maximum absolute atomic E-state index is 12.5. The van der Waals surface area contributed by atoms with E-state index in [1.165, 1.54) is 0 Å². The van der Waals surface area contributed by atoms with Gasteiger partial charge in [-0.05, 0) is 25.3 Å². The largest absolute Gasteiger partial charge is 0.481 e. The van der Waals surface area contributed by atoms with Gasteiger partial charge in [0.05, 0.1) is 5.92 Å². The second-order valence-electron chi connectivity index (χ2n) is 5.88. The summed E-state index contributed by atoms with van der Waals surface area (Å²) in [6.07, 6.45) is 3.11. The number of rotatable bonds is 4. The molecule has 1 aromatic rings. The highest BCUT2D eigenvalue weighted by molar-refractivity contribution is 5.87. The number of nitrogens with two attached hydrogens (primary N) is 1. The van der Waals surface area contributed by atoms with Gasteiger partial charge in [-0.25, -0.2) is 0 Å². The summed E-state index contributed by atoms with van der Waals surface area (Å²) in [5.74, 6) is -1.69. The molecule has 0 aromatic heterocycles. The minimum Gasteiger partial charge on any atom is -0.481 e. The van der Waals surface area contributed by atoms with Crippen LogP contribution in [0.1, 0.15) is 38.2 Å². The third kappa shape index (κ3) is 3.42. The molecule has 1 amide bonds. The van der Waals surface area contributed by atoms with E-state index in [2.05, 4.69) is 5.32 Å². The van der Waals surface area contributed by atoms with E-state index in [0.717, 1.165) is 12.8 Å². The van der Waals surface area contributed by atoms with Crippen molar-refractivity contribution < 1.29 is 14.7 Å². The molecule has 0 radical (unpaired) electrons. The van der Waals surface area contributed by atoms with Crippen LogP contribution in [0.2, 0.25) is 0 Å². The molecule has 114 valence electrons.